The summed E-state index contributed by atoms with van der Waals surface area (Å²) in [6.07, 6.45) is 2.98. The third-order valence-corrected chi connectivity index (χ3v) is 3.83. The van der Waals surface area contributed by atoms with Crippen LogP contribution in [0.15, 0.2) is 16.7 Å². The Morgan fingerprint density at radius 2 is 1.53 bits per heavy atom. The van der Waals surface area contributed by atoms with Crippen molar-refractivity contribution in [3.63, 3.8) is 0 Å². The van der Waals surface area contributed by atoms with Gasteiger partial charge in [-0.1, -0.05) is 18.4 Å². The van der Waals surface area contributed by atoms with Gasteiger partial charge in [0.2, 0.25) is 0 Å². The van der Waals surface area contributed by atoms with Crippen LogP contribution in [0.25, 0.3) is 0 Å². The average molecular weight is 338 g/mol. The number of hydrogen-bond donors (Lipinski definition) is 2. The molecule has 0 bridgehead atoms. The first-order valence-corrected chi connectivity index (χ1v) is 5.91. The molecule has 0 amide bonds. The van der Waals surface area contributed by atoms with E-state index in [-0.39, 0.29) is 26.2 Å². The molecule has 4 nitrogen and oxygen atoms in total. The van der Waals surface area contributed by atoms with Crippen molar-refractivity contribution in [3.8, 4) is 0 Å². The summed E-state index contributed by atoms with van der Waals surface area (Å²) in [4.78, 5) is 11.0. The summed E-state index contributed by atoms with van der Waals surface area (Å²) in [7, 11) is -0.466. The molecule has 0 aromatic heterocycles. The topological polar surface area (TPSA) is 80.6 Å². The van der Waals surface area contributed by atoms with Gasteiger partial charge in [0.05, 0.1) is 0 Å². The summed E-state index contributed by atoms with van der Waals surface area (Å²) in [6, 6.07) is 0. The van der Waals surface area contributed by atoms with Crippen molar-refractivity contribution >= 4 is 8.03 Å². The number of aliphatic hydroxyl groups excluding tert-OH is 2. The monoisotopic (exact) mass is 337 g/mol. The van der Waals surface area contributed by atoms with Crippen LogP contribution >= 0.6 is 8.03 Å². The zero-order valence-corrected chi connectivity index (χ0v) is 14.5. The van der Waals surface area contributed by atoms with Crippen LogP contribution in [0.1, 0.15) is 27.7 Å². The molecule has 2 N–H and O–H groups in total. The second-order valence-corrected chi connectivity index (χ2v) is 4.74. The van der Waals surface area contributed by atoms with Gasteiger partial charge in [0, 0.05) is 40.4 Å². The molecule has 0 aliphatic heterocycles. The molecule has 0 fully saturated rings. The van der Waals surface area contributed by atoms with Crippen LogP contribution in [0, 0.1) is 6.08 Å². The van der Waals surface area contributed by atoms with E-state index in [0.29, 0.717) is 0 Å². The van der Waals surface area contributed by atoms with E-state index >= 15 is 0 Å². The van der Waals surface area contributed by atoms with Crippen molar-refractivity contribution < 1.29 is 45.9 Å². The van der Waals surface area contributed by atoms with Crippen LogP contribution in [-0.4, -0.2) is 29.6 Å². The first kappa shape index (κ1) is 22.5. The van der Waals surface area contributed by atoms with Crippen molar-refractivity contribution in [1.82, 2.24) is 0 Å². The molecule has 1 rings (SSSR count). The molecule has 0 heterocycles. The third-order valence-electron chi connectivity index (χ3n) is 2.65. The summed E-state index contributed by atoms with van der Waals surface area (Å²) in [5.74, 6) is 0. The minimum atomic E-state index is -2.47. The van der Waals surface area contributed by atoms with Gasteiger partial charge in [0.25, 0.3) is 0 Å². The summed E-state index contributed by atoms with van der Waals surface area (Å²) >= 11 is 0. The summed E-state index contributed by atoms with van der Waals surface area (Å²) < 4.78 is 11.0. The molecular weight excluding hydrogens is 318 g/mol. The fourth-order valence-corrected chi connectivity index (χ4v) is 2.08. The minimum absolute atomic E-state index is 0. The van der Waals surface area contributed by atoms with E-state index in [2.05, 4.69) is 6.08 Å². The quantitative estimate of drug-likeness (QED) is 0.555. The normalized spacial score (nSPS) is 22.4. The third kappa shape index (κ3) is 5.23. The number of aliphatic hydroxyl groups is 2. The Bertz CT molecular complexity index is 313. The Morgan fingerprint density at radius 1 is 1.18 bits per heavy atom. The predicted molar refractivity (Wildman–Crippen MR) is 63.1 cm³/mol. The van der Waals surface area contributed by atoms with Crippen LogP contribution in [0.3, 0.4) is 0 Å². The summed E-state index contributed by atoms with van der Waals surface area (Å²) in [5.41, 5.74) is 2.90. The molecule has 2 unspecified atom stereocenters. The molecule has 0 spiro atoms. The molecule has 1 aliphatic rings. The zero-order valence-electron chi connectivity index (χ0n) is 11.2. The first-order chi connectivity index (χ1) is 7.39. The Kier molecular flexibility index (Phi) is 13.6. The van der Waals surface area contributed by atoms with E-state index < -0.39 is 13.2 Å². The van der Waals surface area contributed by atoms with Gasteiger partial charge in [-0.05, 0) is 6.92 Å². The Labute approximate surface area is 123 Å². The fraction of sp³-hybridized carbons (Fsp3) is 0.636. The maximum Gasteiger partial charge on any atom is 0.302 e. The molecule has 0 saturated carbocycles. The maximum absolute atomic E-state index is 11.0. The molecule has 17 heavy (non-hydrogen) atoms. The molecule has 0 aromatic rings. The zero-order chi connectivity index (χ0) is 13.5. The van der Waals surface area contributed by atoms with Gasteiger partial charge in [0.1, 0.15) is 5.16 Å². The van der Waals surface area contributed by atoms with Gasteiger partial charge >= 0.3 is 8.03 Å². The van der Waals surface area contributed by atoms with Crippen LogP contribution in [0.4, 0.5) is 0 Å². The molecule has 0 aromatic carbocycles. The molecule has 0 radical (unpaired) electrons. The Balaban J connectivity index is -0.000000355. The van der Waals surface area contributed by atoms with Gasteiger partial charge in [-0.15, -0.1) is 12.5 Å². The van der Waals surface area contributed by atoms with Crippen LogP contribution in [0.5, 0.6) is 0 Å². The fourth-order valence-electron chi connectivity index (χ4n) is 1.38. The van der Waals surface area contributed by atoms with Gasteiger partial charge in [-0.3, -0.25) is 0 Å². The maximum atomic E-state index is 11.0. The van der Waals surface area contributed by atoms with Crippen LogP contribution < -0.4 is 4.89 Å². The van der Waals surface area contributed by atoms with E-state index in [0.717, 1.165) is 30.9 Å². The molecular formula is C11H20O4PZr-. The van der Waals surface area contributed by atoms with Crippen LogP contribution in [0.2, 0.25) is 0 Å². The average Bonchev–Trinajstić information content (AvgIpc) is 2.50. The number of hydrogen-bond acceptors (Lipinski definition) is 4. The second kappa shape index (κ2) is 10.3. The first-order valence-electron chi connectivity index (χ1n) is 4.73. The molecule has 6 heteroatoms. The van der Waals surface area contributed by atoms with Crippen molar-refractivity contribution in [2.24, 2.45) is 0 Å². The van der Waals surface area contributed by atoms with E-state index in [1.807, 2.05) is 20.8 Å². The number of allylic oxidation sites excluding steroid dienone is 4. The summed E-state index contributed by atoms with van der Waals surface area (Å²) in [6.45, 7) is 7.36. The van der Waals surface area contributed by atoms with Gasteiger partial charge in [-0.2, -0.15) is 5.57 Å². The smallest absolute Gasteiger partial charge is 0.302 e. The van der Waals surface area contributed by atoms with Crippen LogP contribution in [-0.2, 0) is 30.8 Å². The molecule has 2 atom stereocenters. The van der Waals surface area contributed by atoms with Gasteiger partial charge in [-0.25, -0.2) is 11.6 Å². The number of rotatable bonds is 1. The van der Waals surface area contributed by atoms with E-state index in [1.54, 1.807) is 6.92 Å². The second-order valence-electron chi connectivity index (χ2n) is 3.33. The van der Waals surface area contributed by atoms with Crippen molar-refractivity contribution in [3.05, 3.63) is 22.8 Å². The Morgan fingerprint density at radius 3 is 1.65 bits per heavy atom. The van der Waals surface area contributed by atoms with E-state index in [4.69, 9.17) is 10.2 Å². The molecule has 0 saturated heterocycles. The molecule has 98 valence electrons. The van der Waals surface area contributed by atoms with E-state index in [1.165, 1.54) is 0 Å². The van der Waals surface area contributed by atoms with Crippen molar-refractivity contribution in [2.75, 3.05) is 14.2 Å². The van der Waals surface area contributed by atoms with E-state index in [9.17, 15) is 9.46 Å². The summed E-state index contributed by atoms with van der Waals surface area (Å²) in [5, 5.41) is 13.1. The minimum Gasteiger partial charge on any atom is -0.596 e. The van der Waals surface area contributed by atoms with Gasteiger partial charge < -0.3 is 15.1 Å². The standard InChI is InChI=1S/C9H12O2P.2CH4O.Zr/c1-6-5-9(4,12(10)11)8(3)7(6)2;2*1-2;/h1-4H3;2*2H,1H3;/q-1;;;. The predicted octanol–water partition coefficient (Wildman–Crippen LogP) is 1.16. The van der Waals surface area contributed by atoms with Gasteiger partial charge in [0.15, 0.2) is 0 Å². The SMILES string of the molecule is CC1=[C-]C(C)([P+](=O)[O-])C(C)=C1C.CO.CO.[Zr]. The van der Waals surface area contributed by atoms with Crippen molar-refractivity contribution in [1.29, 1.82) is 0 Å². The molecule has 1 aliphatic carbocycles. The Hall–Kier alpha value is 0.343. The van der Waals surface area contributed by atoms with Crippen molar-refractivity contribution in [2.45, 2.75) is 32.9 Å². The largest absolute Gasteiger partial charge is 0.596 e.